The van der Waals surface area contributed by atoms with E-state index >= 15 is 0 Å². The Hall–Kier alpha value is -1.76. The molecule has 1 saturated heterocycles. The minimum atomic E-state index is -4.71. The first-order valence-corrected chi connectivity index (χ1v) is 8.17. The number of nitrogens with zero attached hydrogens (tertiary/aromatic N) is 1. The second-order valence-corrected chi connectivity index (χ2v) is 6.57. The maximum atomic E-state index is 12.2. The number of carboxylic acid groups (broad SMARTS) is 1. The van der Waals surface area contributed by atoms with Crippen molar-refractivity contribution in [3.8, 4) is 5.75 Å². The topological polar surface area (TPSA) is 49.8 Å². The highest BCUT2D eigenvalue weighted by molar-refractivity contribution is 5.74. The van der Waals surface area contributed by atoms with Crippen molar-refractivity contribution in [2.45, 2.75) is 57.1 Å². The van der Waals surface area contributed by atoms with Crippen molar-refractivity contribution in [3.63, 3.8) is 0 Å². The summed E-state index contributed by atoms with van der Waals surface area (Å²) in [6.07, 6.45) is 0.246. The summed E-state index contributed by atoms with van der Waals surface area (Å²) >= 11 is 0. The lowest BCUT2D eigenvalue weighted by Crippen LogP contribution is -2.41. The van der Waals surface area contributed by atoms with Gasteiger partial charge in [-0.1, -0.05) is 25.0 Å². The van der Waals surface area contributed by atoms with E-state index in [1.54, 1.807) is 12.1 Å². The summed E-state index contributed by atoms with van der Waals surface area (Å²) in [6, 6.07) is 5.42. The van der Waals surface area contributed by atoms with Crippen LogP contribution in [0.3, 0.4) is 0 Å². The van der Waals surface area contributed by atoms with Gasteiger partial charge < -0.3 is 9.84 Å². The van der Waals surface area contributed by atoms with Gasteiger partial charge in [0, 0.05) is 12.6 Å². The molecule has 1 N–H and O–H groups in total. The highest BCUT2D eigenvalue weighted by Gasteiger charge is 2.44. The first-order valence-electron chi connectivity index (χ1n) is 8.17. The molecule has 1 aromatic carbocycles. The molecule has 2 fully saturated rings. The zero-order valence-electron chi connectivity index (χ0n) is 13.1. The molecule has 0 spiro atoms. The number of rotatable bonds is 4. The summed E-state index contributed by atoms with van der Waals surface area (Å²) in [5, 5.41) is 9.49. The third kappa shape index (κ3) is 3.83. The first kappa shape index (κ1) is 17.1. The fourth-order valence-corrected chi connectivity index (χ4v) is 4.03. The van der Waals surface area contributed by atoms with Crippen LogP contribution in [0.15, 0.2) is 24.3 Å². The molecule has 4 nitrogen and oxygen atoms in total. The van der Waals surface area contributed by atoms with Crippen LogP contribution in [-0.4, -0.2) is 34.4 Å². The van der Waals surface area contributed by atoms with Gasteiger partial charge >= 0.3 is 12.3 Å². The number of alkyl halides is 3. The van der Waals surface area contributed by atoms with Crippen LogP contribution in [0.5, 0.6) is 5.75 Å². The van der Waals surface area contributed by atoms with Crippen molar-refractivity contribution in [2.75, 3.05) is 0 Å². The van der Waals surface area contributed by atoms with Crippen LogP contribution in [-0.2, 0) is 11.3 Å². The molecule has 132 valence electrons. The monoisotopic (exact) mass is 343 g/mol. The quantitative estimate of drug-likeness (QED) is 0.903. The molecule has 1 aliphatic heterocycles. The highest BCUT2D eigenvalue weighted by atomic mass is 19.4. The number of likely N-dealkylation sites (tertiary alicyclic amines) is 1. The Morgan fingerprint density at radius 2 is 1.88 bits per heavy atom. The Balaban J connectivity index is 1.72. The van der Waals surface area contributed by atoms with Crippen LogP contribution in [0.1, 0.15) is 37.7 Å². The smallest absolute Gasteiger partial charge is 0.480 e. The van der Waals surface area contributed by atoms with Crippen LogP contribution in [0.25, 0.3) is 0 Å². The van der Waals surface area contributed by atoms with Gasteiger partial charge in [-0.25, -0.2) is 0 Å². The maximum Gasteiger partial charge on any atom is 0.573 e. The highest BCUT2D eigenvalue weighted by Crippen LogP contribution is 2.40. The molecule has 1 aliphatic carbocycles. The van der Waals surface area contributed by atoms with E-state index in [2.05, 4.69) is 4.74 Å². The molecule has 0 amide bonds. The van der Waals surface area contributed by atoms with Crippen molar-refractivity contribution in [1.82, 2.24) is 4.90 Å². The Morgan fingerprint density at radius 3 is 2.50 bits per heavy atom. The van der Waals surface area contributed by atoms with Gasteiger partial charge in [0.2, 0.25) is 0 Å². The van der Waals surface area contributed by atoms with Gasteiger partial charge in [0.15, 0.2) is 0 Å². The molecule has 0 bridgehead atoms. The molecule has 24 heavy (non-hydrogen) atoms. The zero-order chi connectivity index (χ0) is 17.3. The van der Waals surface area contributed by atoms with E-state index in [0.717, 1.165) is 31.2 Å². The lowest BCUT2D eigenvalue weighted by atomic mass is 9.84. The van der Waals surface area contributed by atoms with Gasteiger partial charge in [-0.2, -0.15) is 0 Å². The molecule has 1 heterocycles. The number of aliphatic carboxylic acids is 1. The van der Waals surface area contributed by atoms with E-state index in [1.165, 1.54) is 12.1 Å². The average Bonchev–Trinajstić information content (AvgIpc) is 2.87. The Kier molecular flexibility index (Phi) is 4.71. The van der Waals surface area contributed by atoms with E-state index in [1.807, 2.05) is 4.90 Å². The molecule has 3 atom stereocenters. The largest absolute Gasteiger partial charge is 0.573 e. The van der Waals surface area contributed by atoms with Gasteiger partial charge in [0.1, 0.15) is 11.8 Å². The van der Waals surface area contributed by atoms with Gasteiger partial charge in [0.05, 0.1) is 0 Å². The van der Waals surface area contributed by atoms with Crippen LogP contribution >= 0.6 is 0 Å². The minimum absolute atomic E-state index is 0.256. The predicted octanol–water partition coefficient (Wildman–Crippen LogP) is 3.80. The predicted molar refractivity (Wildman–Crippen MR) is 80.5 cm³/mol. The molecule has 0 aromatic heterocycles. The lowest BCUT2D eigenvalue weighted by Gasteiger charge is -2.33. The molecule has 7 heteroatoms. The molecule has 1 aromatic rings. The minimum Gasteiger partial charge on any atom is -0.480 e. The average molecular weight is 343 g/mol. The Labute approximate surface area is 138 Å². The third-order valence-corrected chi connectivity index (χ3v) is 5.03. The van der Waals surface area contributed by atoms with Crippen molar-refractivity contribution in [3.05, 3.63) is 29.8 Å². The van der Waals surface area contributed by atoms with Crippen LogP contribution in [0.4, 0.5) is 13.2 Å². The normalized spacial score (nSPS) is 27.7. The molecular formula is C17H20F3NO3. The molecule has 1 saturated carbocycles. The maximum absolute atomic E-state index is 12.2. The third-order valence-electron chi connectivity index (χ3n) is 5.03. The molecule has 3 rings (SSSR count). The Morgan fingerprint density at radius 1 is 1.21 bits per heavy atom. The fourth-order valence-electron chi connectivity index (χ4n) is 4.03. The summed E-state index contributed by atoms with van der Waals surface area (Å²) in [4.78, 5) is 13.6. The van der Waals surface area contributed by atoms with Crippen molar-refractivity contribution >= 4 is 5.97 Å². The molecule has 0 radical (unpaired) electrons. The van der Waals surface area contributed by atoms with E-state index in [-0.39, 0.29) is 11.8 Å². The summed E-state index contributed by atoms with van der Waals surface area (Å²) in [7, 11) is 0. The summed E-state index contributed by atoms with van der Waals surface area (Å²) in [5.74, 6) is -0.674. The molecule has 2 aliphatic rings. The second-order valence-electron chi connectivity index (χ2n) is 6.57. The first-order chi connectivity index (χ1) is 11.3. The lowest BCUT2D eigenvalue weighted by molar-refractivity contribution is -0.274. The summed E-state index contributed by atoms with van der Waals surface area (Å²) in [6.45, 7) is 0.435. The summed E-state index contributed by atoms with van der Waals surface area (Å²) in [5.41, 5.74) is 0.794. The Bertz CT molecular complexity index is 588. The van der Waals surface area contributed by atoms with Crippen molar-refractivity contribution < 1.29 is 27.8 Å². The number of halogens is 3. The number of hydrogen-bond donors (Lipinski definition) is 1. The number of carbonyl (C=O) groups is 1. The van der Waals surface area contributed by atoms with Crippen molar-refractivity contribution in [2.24, 2.45) is 5.92 Å². The van der Waals surface area contributed by atoms with Crippen molar-refractivity contribution in [1.29, 1.82) is 0 Å². The summed E-state index contributed by atoms with van der Waals surface area (Å²) < 4.78 is 40.5. The number of fused-ring (bicyclic) bond motifs is 1. The van der Waals surface area contributed by atoms with E-state index in [0.29, 0.717) is 18.9 Å². The molecular weight excluding hydrogens is 323 g/mol. The fraction of sp³-hybridized carbons (Fsp3) is 0.588. The van der Waals surface area contributed by atoms with Gasteiger partial charge in [-0.05, 0) is 42.9 Å². The number of hydrogen-bond acceptors (Lipinski definition) is 3. The number of carboxylic acids is 1. The van der Waals surface area contributed by atoms with E-state index < -0.39 is 18.4 Å². The second kappa shape index (κ2) is 6.63. The zero-order valence-corrected chi connectivity index (χ0v) is 13.1. The van der Waals surface area contributed by atoms with E-state index in [9.17, 15) is 23.1 Å². The SMILES string of the molecule is O=C(O)C1CC2CCCCC2N1Cc1ccc(OC(F)(F)F)cc1. The molecule has 3 unspecified atom stereocenters. The van der Waals surface area contributed by atoms with Gasteiger partial charge in [-0.3, -0.25) is 9.69 Å². The van der Waals surface area contributed by atoms with Crippen LogP contribution < -0.4 is 4.74 Å². The van der Waals surface area contributed by atoms with Crippen LogP contribution in [0.2, 0.25) is 0 Å². The van der Waals surface area contributed by atoms with Gasteiger partial charge in [-0.15, -0.1) is 13.2 Å². The van der Waals surface area contributed by atoms with Gasteiger partial charge in [0.25, 0.3) is 0 Å². The number of benzene rings is 1. The van der Waals surface area contributed by atoms with Crippen LogP contribution in [0, 0.1) is 5.92 Å². The number of ether oxygens (including phenoxy) is 1. The standard InChI is InChI=1S/C17H20F3NO3/c18-17(19,20)24-13-7-5-11(6-8-13)10-21-14-4-2-1-3-12(14)9-15(21)16(22)23/h5-8,12,14-15H,1-4,9-10H2,(H,22,23). The van der Waals surface area contributed by atoms with E-state index in [4.69, 9.17) is 0 Å².